The summed E-state index contributed by atoms with van der Waals surface area (Å²) in [5.41, 5.74) is 2.65. The van der Waals surface area contributed by atoms with Crippen LogP contribution in [0, 0.1) is 13.8 Å². The van der Waals surface area contributed by atoms with Gasteiger partial charge in [-0.3, -0.25) is 4.79 Å². The van der Waals surface area contributed by atoms with Crippen LogP contribution in [0.15, 0.2) is 75.9 Å². The molecule has 3 aromatic carbocycles. The van der Waals surface area contributed by atoms with Gasteiger partial charge in [-0.1, -0.05) is 42.5 Å². The molecule has 6 aromatic rings. The minimum absolute atomic E-state index is 0.0252. The van der Waals surface area contributed by atoms with Crippen molar-refractivity contribution in [3.8, 4) is 10.6 Å². The number of anilines is 1. The number of benzene rings is 3. The third-order valence-corrected chi connectivity index (χ3v) is 8.18. The number of thiazole rings is 1. The van der Waals surface area contributed by atoms with Crippen LogP contribution in [0.1, 0.15) is 20.8 Å². The normalized spacial score (nSPS) is 11.5. The highest BCUT2D eigenvalue weighted by Crippen LogP contribution is 2.43. The molecule has 3 heterocycles. The van der Waals surface area contributed by atoms with Crippen LogP contribution in [0.2, 0.25) is 0 Å². The standard InChI is InChI=1S/C27H18N2O3S2/c1-14-15(2)33-26(23(14)25-28-20-9-5-6-10-22(20)34-25)29-24(30)19-13-18-17-8-4-3-7-16(17)11-12-21(18)32-27(19)31/h3-13H,1-2H3,(H,29,30). The summed E-state index contributed by atoms with van der Waals surface area (Å²) in [6.45, 7) is 4.04. The lowest BCUT2D eigenvalue weighted by Crippen LogP contribution is -2.20. The molecule has 0 aliphatic rings. The SMILES string of the molecule is Cc1sc(NC(=O)c2cc3c(ccc4ccccc43)oc2=O)c(-c2nc3ccccc3s2)c1C. The fourth-order valence-electron chi connectivity index (χ4n) is 4.15. The predicted octanol–water partition coefficient (Wildman–Crippen LogP) is 7.15. The molecule has 0 saturated heterocycles. The monoisotopic (exact) mass is 482 g/mol. The Morgan fingerprint density at radius 3 is 2.59 bits per heavy atom. The zero-order valence-corrected chi connectivity index (χ0v) is 20.0. The van der Waals surface area contributed by atoms with Gasteiger partial charge in [-0.2, -0.15) is 0 Å². The van der Waals surface area contributed by atoms with Crippen molar-refractivity contribution in [1.29, 1.82) is 0 Å². The number of aromatic nitrogens is 1. The number of amides is 1. The Bertz CT molecular complexity index is 1780. The lowest BCUT2D eigenvalue weighted by molar-refractivity contribution is 0.102. The van der Waals surface area contributed by atoms with Crippen molar-refractivity contribution < 1.29 is 9.21 Å². The topological polar surface area (TPSA) is 72.2 Å². The average molecular weight is 483 g/mol. The molecular formula is C27H18N2O3S2. The molecule has 0 atom stereocenters. The van der Waals surface area contributed by atoms with Crippen molar-refractivity contribution >= 4 is 65.5 Å². The van der Waals surface area contributed by atoms with Crippen LogP contribution in [-0.4, -0.2) is 10.9 Å². The summed E-state index contributed by atoms with van der Waals surface area (Å²) in [6, 6.07) is 21.1. The predicted molar refractivity (Wildman–Crippen MR) is 140 cm³/mol. The first-order valence-corrected chi connectivity index (χ1v) is 12.4. The molecule has 0 saturated carbocycles. The average Bonchev–Trinajstić information content (AvgIpc) is 3.38. The maximum Gasteiger partial charge on any atom is 0.349 e. The van der Waals surface area contributed by atoms with E-state index in [0.717, 1.165) is 47.4 Å². The Morgan fingerprint density at radius 1 is 0.941 bits per heavy atom. The van der Waals surface area contributed by atoms with E-state index in [1.165, 1.54) is 11.3 Å². The summed E-state index contributed by atoms with van der Waals surface area (Å²) in [5, 5.41) is 7.16. The largest absolute Gasteiger partial charge is 0.422 e. The van der Waals surface area contributed by atoms with Crippen molar-refractivity contribution in [3.63, 3.8) is 0 Å². The Labute approximate surface area is 202 Å². The number of rotatable bonds is 3. The minimum atomic E-state index is -0.660. The Balaban J connectivity index is 1.45. The van der Waals surface area contributed by atoms with Gasteiger partial charge in [0.2, 0.25) is 0 Å². The van der Waals surface area contributed by atoms with Crippen LogP contribution in [0.3, 0.4) is 0 Å². The number of carbonyl (C=O) groups excluding carboxylic acids is 1. The van der Waals surface area contributed by atoms with E-state index in [4.69, 9.17) is 9.40 Å². The summed E-state index contributed by atoms with van der Waals surface area (Å²) >= 11 is 3.07. The van der Waals surface area contributed by atoms with E-state index < -0.39 is 11.5 Å². The zero-order valence-electron chi connectivity index (χ0n) is 18.3. The van der Waals surface area contributed by atoms with Gasteiger partial charge < -0.3 is 9.73 Å². The summed E-state index contributed by atoms with van der Waals surface area (Å²) in [5.74, 6) is -0.493. The maximum absolute atomic E-state index is 13.3. The number of hydrogen-bond acceptors (Lipinski definition) is 6. The Hall–Kier alpha value is -3.81. The van der Waals surface area contributed by atoms with Gasteiger partial charge in [-0.25, -0.2) is 9.78 Å². The molecule has 1 N–H and O–H groups in total. The lowest BCUT2D eigenvalue weighted by atomic mass is 10.0. The van der Waals surface area contributed by atoms with Crippen LogP contribution in [0.5, 0.6) is 0 Å². The number of aryl methyl sites for hydroxylation is 1. The van der Waals surface area contributed by atoms with Crippen LogP contribution >= 0.6 is 22.7 Å². The number of hydrogen-bond donors (Lipinski definition) is 1. The van der Waals surface area contributed by atoms with Gasteiger partial charge in [0.05, 0.1) is 10.2 Å². The second-order valence-corrected chi connectivity index (χ2v) is 10.3. The molecule has 0 bridgehead atoms. The first-order valence-electron chi connectivity index (χ1n) is 10.7. The molecule has 166 valence electrons. The van der Waals surface area contributed by atoms with Crippen LogP contribution in [-0.2, 0) is 0 Å². The van der Waals surface area contributed by atoms with Gasteiger partial charge in [0.25, 0.3) is 5.91 Å². The van der Waals surface area contributed by atoms with Crippen molar-refractivity contribution in [2.45, 2.75) is 13.8 Å². The van der Waals surface area contributed by atoms with Crippen molar-refractivity contribution in [2.75, 3.05) is 5.32 Å². The quantitative estimate of drug-likeness (QED) is 0.215. The summed E-state index contributed by atoms with van der Waals surface area (Å²) in [4.78, 5) is 31.9. The number of carbonyl (C=O) groups is 1. The van der Waals surface area contributed by atoms with Gasteiger partial charge in [-0.15, -0.1) is 22.7 Å². The number of fused-ring (bicyclic) bond motifs is 4. The van der Waals surface area contributed by atoms with Crippen LogP contribution < -0.4 is 10.9 Å². The van der Waals surface area contributed by atoms with Gasteiger partial charge in [0.15, 0.2) is 0 Å². The summed E-state index contributed by atoms with van der Waals surface area (Å²) < 4.78 is 6.60. The molecule has 0 aliphatic carbocycles. The molecule has 0 unspecified atom stereocenters. The third-order valence-electron chi connectivity index (χ3n) is 6.01. The zero-order chi connectivity index (χ0) is 23.4. The fourth-order valence-corrected chi connectivity index (χ4v) is 6.35. The second-order valence-electron chi connectivity index (χ2n) is 8.07. The second kappa shape index (κ2) is 7.90. The smallest absolute Gasteiger partial charge is 0.349 e. The van der Waals surface area contributed by atoms with Crippen molar-refractivity contribution in [1.82, 2.24) is 4.98 Å². The van der Waals surface area contributed by atoms with E-state index in [2.05, 4.69) is 5.32 Å². The molecule has 34 heavy (non-hydrogen) atoms. The third kappa shape index (κ3) is 3.32. The fraction of sp³-hybridized carbons (Fsp3) is 0.0741. The maximum atomic E-state index is 13.3. The highest BCUT2D eigenvalue weighted by Gasteiger charge is 2.22. The Kier molecular flexibility index (Phi) is 4.83. The molecule has 0 radical (unpaired) electrons. The molecule has 7 heteroatoms. The van der Waals surface area contributed by atoms with Crippen molar-refractivity contribution in [3.05, 3.63) is 93.2 Å². The molecule has 6 rings (SSSR count). The highest BCUT2D eigenvalue weighted by molar-refractivity contribution is 7.22. The highest BCUT2D eigenvalue weighted by atomic mass is 32.1. The minimum Gasteiger partial charge on any atom is -0.422 e. The lowest BCUT2D eigenvalue weighted by Gasteiger charge is -2.07. The van der Waals surface area contributed by atoms with Gasteiger partial charge in [0, 0.05) is 15.8 Å². The van der Waals surface area contributed by atoms with Gasteiger partial charge in [-0.05, 0) is 54.4 Å². The molecule has 0 fully saturated rings. The molecular weight excluding hydrogens is 464 g/mol. The van der Waals surface area contributed by atoms with Crippen molar-refractivity contribution in [2.24, 2.45) is 0 Å². The molecule has 0 spiro atoms. The van der Waals surface area contributed by atoms with Crippen LogP contribution in [0.25, 0.3) is 42.5 Å². The van der Waals surface area contributed by atoms with Gasteiger partial charge in [0.1, 0.15) is 21.2 Å². The van der Waals surface area contributed by atoms with E-state index in [9.17, 15) is 9.59 Å². The molecule has 1 amide bonds. The molecule has 0 aliphatic heterocycles. The van der Waals surface area contributed by atoms with E-state index in [1.807, 2.05) is 68.4 Å². The van der Waals surface area contributed by atoms with Gasteiger partial charge >= 0.3 is 5.63 Å². The number of thiophene rings is 1. The van der Waals surface area contributed by atoms with E-state index in [1.54, 1.807) is 23.5 Å². The number of para-hydroxylation sites is 1. The summed E-state index contributed by atoms with van der Waals surface area (Å²) in [7, 11) is 0. The first-order chi connectivity index (χ1) is 16.5. The number of nitrogens with zero attached hydrogens (tertiary/aromatic N) is 1. The Morgan fingerprint density at radius 2 is 1.74 bits per heavy atom. The number of nitrogens with one attached hydrogen (secondary N) is 1. The first kappa shape index (κ1) is 20.8. The van der Waals surface area contributed by atoms with E-state index in [0.29, 0.717) is 10.6 Å². The molecule has 3 aromatic heterocycles. The van der Waals surface area contributed by atoms with E-state index >= 15 is 0 Å². The molecule has 5 nitrogen and oxygen atoms in total. The van der Waals surface area contributed by atoms with Crippen LogP contribution in [0.4, 0.5) is 5.00 Å². The van der Waals surface area contributed by atoms with E-state index in [-0.39, 0.29) is 5.56 Å². The summed E-state index contributed by atoms with van der Waals surface area (Å²) in [6.07, 6.45) is 0.